The lowest BCUT2D eigenvalue weighted by molar-refractivity contribution is -0.870. The van der Waals surface area contributed by atoms with Gasteiger partial charge >= 0.3 is 11.9 Å². The van der Waals surface area contributed by atoms with Gasteiger partial charge in [0.25, 0.3) is 0 Å². The van der Waals surface area contributed by atoms with Gasteiger partial charge in [-0.1, -0.05) is 240 Å². The fourth-order valence-corrected chi connectivity index (χ4v) is 8.42. The van der Waals surface area contributed by atoms with Crippen LogP contribution in [0.15, 0.2) is 85.1 Å². The van der Waals surface area contributed by atoms with Gasteiger partial charge in [0, 0.05) is 12.8 Å². The molecular formula is C66H115NO8. The zero-order chi connectivity index (χ0) is 54.8. The number of carbonyl (C=O) groups is 3. The number of esters is 2. The minimum absolute atomic E-state index is 0.144. The number of hydrogen-bond acceptors (Lipinski definition) is 8. The van der Waals surface area contributed by atoms with Gasteiger partial charge in [0.1, 0.15) is 13.2 Å². The molecule has 0 N–H and O–H groups in total. The predicted octanol–water partition coefficient (Wildman–Crippen LogP) is 17.0. The fourth-order valence-electron chi connectivity index (χ4n) is 8.42. The van der Waals surface area contributed by atoms with Crippen LogP contribution in [0.2, 0.25) is 0 Å². The molecule has 0 aromatic rings. The molecule has 0 saturated heterocycles. The minimum atomic E-state index is -1.63. The molecule has 0 aromatic heterocycles. The summed E-state index contributed by atoms with van der Waals surface area (Å²) in [5.74, 6) is -2.29. The molecule has 0 amide bonds. The lowest BCUT2D eigenvalue weighted by atomic mass is 10.0. The van der Waals surface area contributed by atoms with Crippen molar-refractivity contribution in [1.29, 1.82) is 0 Å². The van der Waals surface area contributed by atoms with Crippen LogP contribution in [0.25, 0.3) is 0 Å². The van der Waals surface area contributed by atoms with E-state index in [0.717, 1.165) is 77.0 Å². The van der Waals surface area contributed by atoms with Gasteiger partial charge in [0.2, 0.25) is 0 Å². The second kappa shape index (κ2) is 56.7. The molecule has 9 heteroatoms. The van der Waals surface area contributed by atoms with Crippen molar-refractivity contribution in [3.8, 4) is 0 Å². The summed E-state index contributed by atoms with van der Waals surface area (Å²) in [6, 6.07) is 0. The van der Waals surface area contributed by atoms with E-state index in [1.807, 2.05) is 21.1 Å². The van der Waals surface area contributed by atoms with Crippen molar-refractivity contribution in [2.24, 2.45) is 0 Å². The molecule has 432 valence electrons. The molecule has 0 aliphatic carbocycles. The molecule has 0 fully saturated rings. The van der Waals surface area contributed by atoms with E-state index >= 15 is 0 Å². The van der Waals surface area contributed by atoms with Crippen molar-refractivity contribution in [2.45, 2.75) is 270 Å². The number of allylic oxidation sites excluding steroid dienone is 14. The predicted molar refractivity (Wildman–Crippen MR) is 315 cm³/mol. The van der Waals surface area contributed by atoms with E-state index < -0.39 is 24.3 Å². The number of carboxylic acid groups (broad SMARTS) is 1. The van der Waals surface area contributed by atoms with Crippen molar-refractivity contribution >= 4 is 17.9 Å². The van der Waals surface area contributed by atoms with Crippen LogP contribution in [0, 0.1) is 0 Å². The Balaban J connectivity index is 4.21. The first-order valence-electron chi connectivity index (χ1n) is 30.7. The number of carboxylic acids is 1. The zero-order valence-electron chi connectivity index (χ0n) is 49.1. The normalized spacial score (nSPS) is 13.3. The molecule has 0 radical (unpaired) electrons. The maximum Gasteiger partial charge on any atom is 0.306 e. The Morgan fingerprint density at radius 3 is 1.13 bits per heavy atom. The highest BCUT2D eigenvalue weighted by Crippen LogP contribution is 2.16. The van der Waals surface area contributed by atoms with E-state index in [4.69, 9.17) is 18.9 Å². The van der Waals surface area contributed by atoms with Crippen LogP contribution in [0.4, 0.5) is 0 Å². The Kier molecular flexibility index (Phi) is 54.0. The summed E-state index contributed by atoms with van der Waals surface area (Å²) in [5, 5.41) is 11.8. The zero-order valence-corrected chi connectivity index (χ0v) is 49.1. The smallest absolute Gasteiger partial charge is 0.306 e. The van der Waals surface area contributed by atoms with Gasteiger partial charge in [-0.3, -0.25) is 9.59 Å². The van der Waals surface area contributed by atoms with Crippen molar-refractivity contribution < 1.29 is 42.9 Å². The van der Waals surface area contributed by atoms with Crippen LogP contribution in [-0.4, -0.2) is 82.3 Å². The summed E-state index contributed by atoms with van der Waals surface area (Å²) in [6.07, 6.45) is 72.0. The van der Waals surface area contributed by atoms with Crippen molar-refractivity contribution in [3.63, 3.8) is 0 Å². The molecule has 0 bridgehead atoms. The summed E-state index contributed by atoms with van der Waals surface area (Å²) in [6.45, 7) is 4.63. The maximum atomic E-state index is 12.9. The van der Waals surface area contributed by atoms with Gasteiger partial charge in [-0.2, -0.15) is 0 Å². The molecule has 0 spiro atoms. The average Bonchev–Trinajstić information content (AvgIpc) is 3.38. The standard InChI is InChI=1S/C66H115NO8/c1-6-8-10-12-14-16-18-20-22-24-26-28-29-30-31-32-33-34-35-37-39-41-43-45-47-49-51-53-55-57-64(69)75-62(61-74-66(65(70)71)72-59-58-67(3,4)5)60-73-63(68)56-54-52-50-48-46-44-42-40-38-36-27-25-23-21-19-17-15-13-11-9-7-2/h8,10,14,16,19-22,25-28,30-31,62,66H,6-7,9,11-13,15,17-18,23-24,29,32-61H2,1-5H3/b10-8-,16-14-,21-19-,22-20-,27-25-,28-26-,31-30-. The topological polar surface area (TPSA) is 111 Å². The van der Waals surface area contributed by atoms with E-state index in [1.54, 1.807) is 0 Å². The number of carbonyl (C=O) groups excluding carboxylic acids is 3. The lowest BCUT2D eigenvalue weighted by Gasteiger charge is -2.26. The van der Waals surface area contributed by atoms with E-state index in [2.05, 4.69) is 98.9 Å². The van der Waals surface area contributed by atoms with Crippen molar-refractivity contribution in [3.05, 3.63) is 85.1 Å². The first-order valence-corrected chi connectivity index (χ1v) is 30.7. The van der Waals surface area contributed by atoms with Crippen LogP contribution >= 0.6 is 0 Å². The summed E-state index contributed by atoms with van der Waals surface area (Å²) in [5.41, 5.74) is 0. The number of rotatable bonds is 56. The molecule has 0 aliphatic rings. The first-order chi connectivity index (χ1) is 36.6. The minimum Gasteiger partial charge on any atom is -0.545 e. The van der Waals surface area contributed by atoms with Gasteiger partial charge in [-0.25, -0.2) is 0 Å². The Morgan fingerprint density at radius 1 is 0.413 bits per heavy atom. The Hall–Kier alpha value is -3.53. The molecule has 0 aliphatic heterocycles. The van der Waals surface area contributed by atoms with Gasteiger partial charge in [-0.15, -0.1) is 0 Å². The lowest BCUT2D eigenvalue weighted by Crippen LogP contribution is -2.44. The highest BCUT2D eigenvalue weighted by molar-refractivity contribution is 5.70. The van der Waals surface area contributed by atoms with Crippen LogP contribution in [0.1, 0.15) is 258 Å². The largest absolute Gasteiger partial charge is 0.545 e. The summed E-state index contributed by atoms with van der Waals surface area (Å²) < 4.78 is 22.7. The summed E-state index contributed by atoms with van der Waals surface area (Å²) in [7, 11) is 5.92. The van der Waals surface area contributed by atoms with Gasteiger partial charge in [0.05, 0.1) is 40.3 Å². The Morgan fingerprint density at radius 2 is 0.760 bits per heavy atom. The quantitative estimate of drug-likeness (QED) is 0.0195. The summed E-state index contributed by atoms with van der Waals surface area (Å²) in [4.78, 5) is 37.4. The third-order valence-electron chi connectivity index (χ3n) is 13.1. The number of likely N-dealkylation sites (N-methyl/N-ethyl adjacent to an activating group) is 1. The number of unbranched alkanes of at least 4 members (excludes halogenated alkanes) is 27. The Bertz CT molecular complexity index is 1500. The first kappa shape index (κ1) is 71.5. The van der Waals surface area contributed by atoms with Gasteiger partial charge in [0.15, 0.2) is 12.4 Å². The third-order valence-corrected chi connectivity index (χ3v) is 13.1. The molecule has 0 saturated carbocycles. The van der Waals surface area contributed by atoms with Crippen LogP contribution in [-0.2, 0) is 33.3 Å². The monoisotopic (exact) mass is 1050 g/mol. The van der Waals surface area contributed by atoms with Crippen LogP contribution in [0.3, 0.4) is 0 Å². The molecular weight excluding hydrogens is 935 g/mol. The van der Waals surface area contributed by atoms with E-state index in [9.17, 15) is 19.5 Å². The van der Waals surface area contributed by atoms with Crippen LogP contribution in [0.5, 0.6) is 0 Å². The van der Waals surface area contributed by atoms with E-state index in [0.29, 0.717) is 17.4 Å². The summed E-state index contributed by atoms with van der Waals surface area (Å²) >= 11 is 0. The van der Waals surface area contributed by atoms with Crippen molar-refractivity contribution in [1.82, 2.24) is 0 Å². The third kappa shape index (κ3) is 58.0. The number of ether oxygens (including phenoxy) is 4. The van der Waals surface area contributed by atoms with E-state index in [1.165, 1.54) is 148 Å². The van der Waals surface area contributed by atoms with Gasteiger partial charge < -0.3 is 33.3 Å². The number of nitrogens with zero attached hydrogens (tertiary/aromatic N) is 1. The SMILES string of the molecule is CC/C=C\C/C=C\C/C=C\C/C=C\C/C=C\CCCCCCCCCCCCCCCC(=O)OC(COC(=O)CCCCCCCCCCC/C=C\C/C=C\CCCCCCC)COC(OCC[N+](C)(C)C)C(=O)[O-]. The van der Waals surface area contributed by atoms with Gasteiger partial charge in [-0.05, 0) is 89.9 Å². The molecule has 2 atom stereocenters. The molecule has 2 unspecified atom stereocenters. The molecule has 0 aromatic carbocycles. The molecule has 9 nitrogen and oxygen atoms in total. The Labute approximate surface area is 461 Å². The average molecular weight is 1050 g/mol. The number of aliphatic carboxylic acids is 1. The molecule has 75 heavy (non-hydrogen) atoms. The number of hydrogen-bond donors (Lipinski definition) is 0. The highest BCUT2D eigenvalue weighted by Gasteiger charge is 2.22. The second-order valence-electron chi connectivity index (χ2n) is 21.6. The van der Waals surface area contributed by atoms with Crippen LogP contribution < -0.4 is 5.11 Å². The van der Waals surface area contributed by atoms with Crippen molar-refractivity contribution in [2.75, 3.05) is 47.5 Å². The second-order valence-corrected chi connectivity index (χ2v) is 21.6. The number of quaternary nitrogens is 1. The fraction of sp³-hybridized carbons (Fsp3) is 0.742. The highest BCUT2D eigenvalue weighted by atomic mass is 16.7. The maximum absolute atomic E-state index is 12.9. The van der Waals surface area contributed by atoms with E-state index in [-0.39, 0.29) is 38.6 Å². The molecule has 0 rings (SSSR count). The molecule has 0 heterocycles.